The Morgan fingerprint density at radius 3 is 2.92 bits per heavy atom. The quantitative estimate of drug-likeness (QED) is 0.662. The second-order valence-electron chi connectivity index (χ2n) is 7.56. The summed E-state index contributed by atoms with van der Waals surface area (Å²) in [6.07, 6.45) is 9.63. The lowest BCUT2D eigenvalue weighted by Crippen LogP contribution is -2.48. The van der Waals surface area contributed by atoms with E-state index in [-0.39, 0.29) is 6.10 Å². The van der Waals surface area contributed by atoms with Gasteiger partial charge in [0.25, 0.3) is 0 Å². The van der Waals surface area contributed by atoms with Gasteiger partial charge in [0.05, 0.1) is 19.3 Å². The van der Waals surface area contributed by atoms with Gasteiger partial charge in [-0.05, 0) is 43.9 Å². The Bertz CT molecular complexity index is 602. The number of morpholine rings is 1. The first-order chi connectivity index (χ1) is 11.7. The molecule has 4 rings (SSSR count). The Balaban J connectivity index is 1.44. The third-order valence-electron chi connectivity index (χ3n) is 5.68. The van der Waals surface area contributed by atoms with E-state index in [1.54, 1.807) is 0 Å². The van der Waals surface area contributed by atoms with Gasteiger partial charge in [0.2, 0.25) is 0 Å². The molecule has 1 aromatic heterocycles. The van der Waals surface area contributed by atoms with Crippen LogP contribution in [0.2, 0.25) is 0 Å². The Morgan fingerprint density at radius 2 is 2.29 bits per heavy atom. The summed E-state index contributed by atoms with van der Waals surface area (Å²) in [6.45, 7) is 6.52. The zero-order chi connectivity index (χ0) is 16.6. The Morgan fingerprint density at radius 1 is 1.46 bits per heavy atom. The summed E-state index contributed by atoms with van der Waals surface area (Å²) in [4.78, 5) is 7.38. The molecular formula is C18H29N5O. The number of guanidine groups is 1. The van der Waals surface area contributed by atoms with Crippen molar-refractivity contribution < 1.29 is 4.74 Å². The lowest BCUT2D eigenvalue weighted by molar-refractivity contribution is -0.00807. The third kappa shape index (κ3) is 3.29. The van der Waals surface area contributed by atoms with Gasteiger partial charge in [-0.25, -0.2) is 0 Å². The largest absolute Gasteiger partial charge is 0.370 e. The number of aromatic nitrogens is 2. The molecular weight excluding hydrogens is 302 g/mol. The molecule has 1 N–H and O–H groups in total. The molecule has 3 aliphatic rings. The van der Waals surface area contributed by atoms with E-state index in [2.05, 4.69) is 22.2 Å². The fourth-order valence-electron chi connectivity index (χ4n) is 3.86. The van der Waals surface area contributed by atoms with E-state index in [1.807, 2.05) is 24.1 Å². The van der Waals surface area contributed by atoms with E-state index in [4.69, 9.17) is 9.73 Å². The highest BCUT2D eigenvalue weighted by molar-refractivity contribution is 5.80. The predicted octanol–water partition coefficient (Wildman–Crippen LogP) is 1.95. The third-order valence-corrected chi connectivity index (χ3v) is 5.68. The minimum Gasteiger partial charge on any atom is -0.370 e. The summed E-state index contributed by atoms with van der Waals surface area (Å²) in [5.41, 5.74) is 1.70. The number of nitrogens with zero attached hydrogens (tertiary/aromatic N) is 4. The molecule has 132 valence electrons. The molecule has 0 amide bonds. The van der Waals surface area contributed by atoms with Crippen LogP contribution in [0.15, 0.2) is 17.4 Å². The van der Waals surface area contributed by atoms with E-state index in [9.17, 15) is 0 Å². The standard InChI is InChI=1S/C18H29N5O/c1-3-19-17(20-13-18(6-7-18)15-4-5-15)23-8-9-24-16(12-23)14-10-21-22(2)11-14/h10-11,15-16H,3-9,12-13H2,1-2H3,(H,19,20). The van der Waals surface area contributed by atoms with Gasteiger partial charge in [-0.15, -0.1) is 0 Å². The molecule has 2 aliphatic carbocycles. The minimum absolute atomic E-state index is 0.0784. The van der Waals surface area contributed by atoms with Crippen LogP contribution in [0.3, 0.4) is 0 Å². The summed E-state index contributed by atoms with van der Waals surface area (Å²) in [6, 6.07) is 0. The SMILES string of the molecule is CCNC(=NCC1(C2CC2)CC1)N1CCOC(c2cnn(C)c2)C1. The summed E-state index contributed by atoms with van der Waals surface area (Å²) < 4.78 is 7.80. The van der Waals surface area contributed by atoms with Crippen LogP contribution in [-0.4, -0.2) is 53.4 Å². The second-order valence-corrected chi connectivity index (χ2v) is 7.56. The van der Waals surface area contributed by atoms with Crippen molar-refractivity contribution in [2.24, 2.45) is 23.4 Å². The van der Waals surface area contributed by atoms with Crippen molar-refractivity contribution in [2.75, 3.05) is 32.8 Å². The van der Waals surface area contributed by atoms with Crippen LogP contribution in [0, 0.1) is 11.3 Å². The van der Waals surface area contributed by atoms with Crippen LogP contribution in [0.5, 0.6) is 0 Å². The maximum atomic E-state index is 5.96. The van der Waals surface area contributed by atoms with E-state index in [0.29, 0.717) is 5.41 Å². The van der Waals surface area contributed by atoms with Crippen molar-refractivity contribution in [1.29, 1.82) is 0 Å². The van der Waals surface area contributed by atoms with E-state index in [1.165, 1.54) is 25.7 Å². The minimum atomic E-state index is 0.0784. The topological polar surface area (TPSA) is 54.7 Å². The highest BCUT2D eigenvalue weighted by atomic mass is 16.5. The predicted molar refractivity (Wildman–Crippen MR) is 93.8 cm³/mol. The number of aliphatic imine (C=N–C) groups is 1. The number of ether oxygens (including phenoxy) is 1. The summed E-state index contributed by atoms with van der Waals surface area (Å²) in [5.74, 6) is 2.01. The van der Waals surface area contributed by atoms with Crippen LogP contribution in [0.1, 0.15) is 44.3 Å². The molecule has 1 aliphatic heterocycles. The van der Waals surface area contributed by atoms with E-state index >= 15 is 0 Å². The fraction of sp³-hybridized carbons (Fsp3) is 0.778. The number of rotatable bonds is 5. The molecule has 0 spiro atoms. The first-order valence-electron chi connectivity index (χ1n) is 9.33. The van der Waals surface area contributed by atoms with Crippen LogP contribution in [0.25, 0.3) is 0 Å². The molecule has 1 saturated heterocycles. The maximum absolute atomic E-state index is 5.96. The molecule has 6 nitrogen and oxygen atoms in total. The number of aryl methyl sites for hydroxylation is 1. The highest BCUT2D eigenvalue weighted by Gasteiger charge is 2.53. The van der Waals surface area contributed by atoms with Crippen molar-refractivity contribution in [2.45, 2.75) is 38.7 Å². The molecule has 6 heteroatoms. The Hall–Kier alpha value is -1.56. The first kappa shape index (κ1) is 15.9. The van der Waals surface area contributed by atoms with Gasteiger partial charge in [-0.2, -0.15) is 5.10 Å². The Labute approximate surface area is 144 Å². The second kappa shape index (κ2) is 6.39. The molecule has 1 atom stereocenters. The summed E-state index contributed by atoms with van der Waals surface area (Å²) in [7, 11) is 1.95. The van der Waals surface area contributed by atoms with Gasteiger partial charge < -0.3 is 15.0 Å². The molecule has 2 heterocycles. The van der Waals surface area contributed by atoms with Crippen LogP contribution < -0.4 is 5.32 Å². The molecule has 1 unspecified atom stereocenters. The van der Waals surface area contributed by atoms with Crippen molar-refractivity contribution in [3.05, 3.63) is 18.0 Å². The van der Waals surface area contributed by atoms with Crippen LogP contribution >= 0.6 is 0 Å². The average molecular weight is 331 g/mol. The zero-order valence-corrected chi connectivity index (χ0v) is 14.9. The van der Waals surface area contributed by atoms with E-state index in [0.717, 1.165) is 50.2 Å². The Kier molecular flexibility index (Phi) is 4.24. The number of hydrogen-bond acceptors (Lipinski definition) is 3. The van der Waals surface area contributed by atoms with Gasteiger partial charge in [0.15, 0.2) is 5.96 Å². The normalized spacial score (nSPS) is 26.5. The summed E-state index contributed by atoms with van der Waals surface area (Å²) >= 11 is 0. The monoisotopic (exact) mass is 331 g/mol. The van der Waals surface area contributed by atoms with Crippen molar-refractivity contribution in [3.63, 3.8) is 0 Å². The van der Waals surface area contributed by atoms with Crippen LogP contribution in [0.4, 0.5) is 0 Å². The van der Waals surface area contributed by atoms with E-state index < -0.39 is 0 Å². The molecule has 0 radical (unpaired) electrons. The van der Waals surface area contributed by atoms with Crippen molar-refractivity contribution in [3.8, 4) is 0 Å². The van der Waals surface area contributed by atoms with Gasteiger partial charge in [-0.1, -0.05) is 0 Å². The highest BCUT2D eigenvalue weighted by Crippen LogP contribution is 2.61. The zero-order valence-electron chi connectivity index (χ0n) is 14.9. The number of hydrogen-bond donors (Lipinski definition) is 1. The molecule has 0 bridgehead atoms. The molecule has 0 aromatic carbocycles. The lowest BCUT2D eigenvalue weighted by atomic mass is 10.0. The van der Waals surface area contributed by atoms with Gasteiger partial charge in [0, 0.05) is 38.4 Å². The average Bonchev–Trinajstić information content (AvgIpc) is 3.50. The maximum Gasteiger partial charge on any atom is 0.194 e. The van der Waals surface area contributed by atoms with Crippen molar-refractivity contribution >= 4 is 5.96 Å². The van der Waals surface area contributed by atoms with Gasteiger partial charge >= 0.3 is 0 Å². The molecule has 3 fully saturated rings. The lowest BCUT2D eigenvalue weighted by Gasteiger charge is -2.35. The molecule has 24 heavy (non-hydrogen) atoms. The smallest absolute Gasteiger partial charge is 0.194 e. The molecule has 1 aromatic rings. The van der Waals surface area contributed by atoms with Gasteiger partial charge in [-0.3, -0.25) is 9.67 Å². The summed E-state index contributed by atoms with van der Waals surface area (Å²) in [5, 5.41) is 7.76. The molecule has 2 saturated carbocycles. The van der Waals surface area contributed by atoms with Crippen LogP contribution in [-0.2, 0) is 11.8 Å². The number of nitrogens with one attached hydrogen (secondary N) is 1. The fourth-order valence-corrected chi connectivity index (χ4v) is 3.86. The first-order valence-corrected chi connectivity index (χ1v) is 9.33. The van der Waals surface area contributed by atoms with Crippen molar-refractivity contribution in [1.82, 2.24) is 20.0 Å². The van der Waals surface area contributed by atoms with Gasteiger partial charge in [0.1, 0.15) is 6.10 Å².